The summed E-state index contributed by atoms with van der Waals surface area (Å²) in [5.74, 6) is 0.251. The number of quaternary nitrogens is 1. The van der Waals surface area contributed by atoms with Crippen molar-refractivity contribution in [3.05, 3.63) is 64.9 Å². The fraction of sp³-hybridized carbons (Fsp3) is 0.409. The summed E-state index contributed by atoms with van der Waals surface area (Å²) in [7, 11) is 0. The van der Waals surface area contributed by atoms with Crippen molar-refractivity contribution in [2.24, 2.45) is 5.92 Å². The van der Waals surface area contributed by atoms with E-state index in [1.54, 1.807) is 0 Å². The van der Waals surface area contributed by atoms with Gasteiger partial charge in [0.2, 0.25) is 0 Å². The van der Waals surface area contributed by atoms with Gasteiger partial charge < -0.3 is 15.1 Å². The molecule has 6 heteroatoms. The Hall–Kier alpha value is -2.11. The number of nitrogens with two attached hydrogens (primary N) is 1. The molecular weight excluding hydrogens is 377 g/mol. The van der Waals surface area contributed by atoms with E-state index in [-0.39, 0.29) is 17.8 Å². The molecule has 3 rings (SSSR count). The predicted molar refractivity (Wildman–Crippen MR) is 111 cm³/mol. The molecule has 1 aliphatic heterocycles. The third-order valence-corrected chi connectivity index (χ3v) is 5.66. The van der Waals surface area contributed by atoms with Gasteiger partial charge in [0.05, 0.1) is 10.7 Å². The lowest BCUT2D eigenvalue weighted by atomic mass is 9.96. The second-order valence-electron chi connectivity index (χ2n) is 7.58. The smallest absolute Gasteiger partial charge is 0.277 e. The minimum atomic E-state index is -0.237. The topological polar surface area (TPSA) is 40.2 Å². The molecule has 1 amide bonds. The number of carbonyl (C=O) groups excluding carboxylic acids is 1. The Kier molecular flexibility index (Phi) is 6.92. The van der Waals surface area contributed by atoms with Crippen molar-refractivity contribution in [2.45, 2.75) is 19.9 Å². The number of benzene rings is 2. The van der Waals surface area contributed by atoms with E-state index in [1.165, 1.54) is 12.1 Å². The Balaban J connectivity index is 1.53. The quantitative estimate of drug-likeness (QED) is 0.803. The normalized spacial score (nSPS) is 15.8. The highest BCUT2D eigenvalue weighted by Gasteiger charge is 2.25. The van der Waals surface area contributed by atoms with Gasteiger partial charge in [-0.1, -0.05) is 49.7 Å². The van der Waals surface area contributed by atoms with Crippen LogP contribution in [0, 0.1) is 11.7 Å². The molecule has 1 aliphatic rings. The lowest BCUT2D eigenvalue weighted by Crippen LogP contribution is -2.88. The molecule has 2 N–H and O–H groups in total. The van der Waals surface area contributed by atoms with Gasteiger partial charge in [0.25, 0.3) is 5.91 Å². The molecule has 1 atom stereocenters. The molecule has 0 aromatic heterocycles. The average molecular weight is 405 g/mol. The van der Waals surface area contributed by atoms with Crippen LogP contribution in [-0.4, -0.2) is 43.5 Å². The maximum absolute atomic E-state index is 13.2. The lowest BCUT2D eigenvalue weighted by molar-refractivity contribution is -0.692. The van der Waals surface area contributed by atoms with E-state index >= 15 is 0 Å². The van der Waals surface area contributed by atoms with Crippen LogP contribution in [0.2, 0.25) is 5.02 Å². The first-order chi connectivity index (χ1) is 13.5. The Morgan fingerprint density at radius 1 is 1.07 bits per heavy atom. The Morgan fingerprint density at radius 3 is 2.32 bits per heavy atom. The monoisotopic (exact) mass is 404 g/mol. The van der Waals surface area contributed by atoms with Crippen LogP contribution in [0.25, 0.3) is 0 Å². The van der Waals surface area contributed by atoms with Crippen molar-refractivity contribution in [1.29, 1.82) is 0 Å². The zero-order valence-corrected chi connectivity index (χ0v) is 17.2. The second-order valence-corrected chi connectivity index (χ2v) is 7.99. The molecule has 0 aliphatic carbocycles. The van der Waals surface area contributed by atoms with Gasteiger partial charge in [-0.25, -0.2) is 4.39 Å². The number of hydrogen-bond acceptors (Lipinski definition) is 2. The van der Waals surface area contributed by atoms with Gasteiger partial charge >= 0.3 is 0 Å². The van der Waals surface area contributed by atoms with E-state index in [1.807, 2.05) is 41.3 Å². The molecule has 2 aromatic carbocycles. The van der Waals surface area contributed by atoms with Crippen molar-refractivity contribution >= 4 is 23.2 Å². The van der Waals surface area contributed by atoms with Gasteiger partial charge in [-0.2, -0.15) is 0 Å². The maximum atomic E-state index is 13.2. The van der Waals surface area contributed by atoms with Gasteiger partial charge in [-0.15, -0.1) is 0 Å². The molecule has 1 saturated heterocycles. The van der Waals surface area contributed by atoms with Crippen LogP contribution in [-0.2, 0) is 4.79 Å². The summed E-state index contributed by atoms with van der Waals surface area (Å²) in [6.07, 6.45) is 0. The number of nitrogens with zero attached hydrogens (tertiary/aromatic N) is 2. The molecule has 4 nitrogen and oxygen atoms in total. The van der Waals surface area contributed by atoms with Crippen molar-refractivity contribution in [3.8, 4) is 0 Å². The largest absolute Gasteiger partial charge is 0.367 e. The third-order valence-electron chi connectivity index (χ3n) is 5.35. The van der Waals surface area contributed by atoms with E-state index in [0.29, 0.717) is 25.6 Å². The SMILES string of the molecule is CC(C)[C@H]([NH2+]CC(=O)N1CCN(c2ccccc2Cl)CC1)c1ccc(F)cc1. The maximum Gasteiger partial charge on any atom is 0.277 e. The minimum absolute atomic E-state index is 0.133. The summed E-state index contributed by atoms with van der Waals surface area (Å²) in [6, 6.07) is 14.5. The van der Waals surface area contributed by atoms with Crippen LogP contribution in [0.1, 0.15) is 25.5 Å². The molecule has 28 heavy (non-hydrogen) atoms. The minimum Gasteiger partial charge on any atom is -0.367 e. The fourth-order valence-electron chi connectivity index (χ4n) is 3.74. The summed E-state index contributed by atoms with van der Waals surface area (Å²) in [6.45, 7) is 7.59. The first kappa shape index (κ1) is 20.6. The number of amides is 1. The van der Waals surface area contributed by atoms with E-state index in [2.05, 4.69) is 24.1 Å². The highest BCUT2D eigenvalue weighted by atomic mass is 35.5. The summed E-state index contributed by atoms with van der Waals surface area (Å²) >= 11 is 6.29. The summed E-state index contributed by atoms with van der Waals surface area (Å²) in [5.41, 5.74) is 2.08. The van der Waals surface area contributed by atoms with E-state index in [9.17, 15) is 9.18 Å². The molecule has 0 spiro atoms. The van der Waals surface area contributed by atoms with Crippen LogP contribution >= 0.6 is 11.6 Å². The molecule has 1 heterocycles. The van der Waals surface area contributed by atoms with Crippen molar-refractivity contribution < 1.29 is 14.5 Å². The van der Waals surface area contributed by atoms with E-state index in [0.717, 1.165) is 29.4 Å². The zero-order chi connectivity index (χ0) is 20.1. The van der Waals surface area contributed by atoms with E-state index in [4.69, 9.17) is 11.6 Å². The highest BCUT2D eigenvalue weighted by Crippen LogP contribution is 2.26. The summed E-state index contributed by atoms with van der Waals surface area (Å²) < 4.78 is 13.2. The lowest BCUT2D eigenvalue weighted by Gasteiger charge is -2.36. The number of rotatable bonds is 6. The van der Waals surface area contributed by atoms with Crippen molar-refractivity contribution in [1.82, 2.24) is 4.90 Å². The Bertz CT molecular complexity index is 789. The number of carbonyl (C=O) groups is 1. The fourth-order valence-corrected chi connectivity index (χ4v) is 4.00. The highest BCUT2D eigenvalue weighted by molar-refractivity contribution is 6.33. The zero-order valence-electron chi connectivity index (χ0n) is 16.4. The molecule has 0 saturated carbocycles. The molecule has 0 radical (unpaired) electrons. The molecule has 0 bridgehead atoms. The molecular formula is C22H28ClFN3O+. The van der Waals surface area contributed by atoms with Gasteiger partial charge in [-0.3, -0.25) is 4.79 Å². The first-order valence-electron chi connectivity index (χ1n) is 9.81. The van der Waals surface area contributed by atoms with Crippen LogP contribution in [0.5, 0.6) is 0 Å². The van der Waals surface area contributed by atoms with Crippen molar-refractivity contribution in [3.63, 3.8) is 0 Å². The molecule has 1 fully saturated rings. The van der Waals surface area contributed by atoms with Crippen LogP contribution in [0.3, 0.4) is 0 Å². The van der Waals surface area contributed by atoms with Crippen LogP contribution in [0.4, 0.5) is 10.1 Å². The molecule has 150 valence electrons. The predicted octanol–water partition coefficient (Wildman–Crippen LogP) is 3.09. The van der Waals surface area contributed by atoms with Crippen LogP contribution < -0.4 is 10.2 Å². The summed E-state index contributed by atoms with van der Waals surface area (Å²) in [5, 5.41) is 2.82. The number of hydrogen-bond donors (Lipinski definition) is 1. The molecule has 0 unspecified atom stereocenters. The molecule has 2 aromatic rings. The van der Waals surface area contributed by atoms with E-state index < -0.39 is 0 Å². The number of halogens is 2. The van der Waals surface area contributed by atoms with Gasteiger partial charge in [0.15, 0.2) is 6.54 Å². The van der Waals surface area contributed by atoms with Crippen LogP contribution in [0.15, 0.2) is 48.5 Å². The Morgan fingerprint density at radius 2 is 1.71 bits per heavy atom. The standard InChI is InChI=1S/C22H27ClFN3O/c1-16(2)22(17-7-9-18(24)10-8-17)25-15-21(28)27-13-11-26(12-14-27)20-6-4-3-5-19(20)23/h3-10,16,22,25H,11-15H2,1-2H3/p+1/t22-/m0/s1. The number of para-hydroxylation sites is 1. The summed E-state index contributed by atoms with van der Waals surface area (Å²) in [4.78, 5) is 16.9. The van der Waals surface area contributed by atoms with Crippen molar-refractivity contribution in [2.75, 3.05) is 37.6 Å². The Labute approximate surface area is 171 Å². The second kappa shape index (κ2) is 9.39. The van der Waals surface area contributed by atoms with Gasteiger partial charge in [0.1, 0.15) is 11.9 Å². The number of anilines is 1. The first-order valence-corrected chi connectivity index (χ1v) is 10.2. The average Bonchev–Trinajstić information content (AvgIpc) is 2.69. The van der Waals surface area contributed by atoms with Gasteiger partial charge in [-0.05, 0) is 24.3 Å². The van der Waals surface area contributed by atoms with Gasteiger partial charge in [0, 0.05) is 37.7 Å². The number of piperazine rings is 1. The third kappa shape index (κ3) is 5.03.